The largest absolute Gasteiger partial charge is 0.368 e. The Morgan fingerprint density at radius 1 is 1.15 bits per heavy atom. The molecule has 0 atom stereocenters. The van der Waals surface area contributed by atoms with E-state index in [1.54, 1.807) is 17.5 Å². The Morgan fingerprint density at radius 2 is 2.00 bits per heavy atom. The van der Waals surface area contributed by atoms with Crippen LogP contribution in [-0.2, 0) is 13.1 Å². The Bertz CT molecular complexity index is 1010. The maximum absolute atomic E-state index is 4.84. The maximum atomic E-state index is 4.84. The fourth-order valence-electron chi connectivity index (χ4n) is 3.02. The highest BCUT2D eigenvalue weighted by atomic mass is 32.1. The molecule has 1 N–H and O–H groups in total. The second-order valence-corrected chi connectivity index (χ2v) is 7.51. The van der Waals surface area contributed by atoms with Gasteiger partial charge in [-0.15, -0.1) is 11.3 Å². The van der Waals surface area contributed by atoms with Gasteiger partial charge in [-0.3, -0.25) is 0 Å². The van der Waals surface area contributed by atoms with Crippen LogP contribution in [0.15, 0.2) is 54.4 Å². The molecule has 1 aromatic carbocycles. The Balaban J connectivity index is 1.71. The molecule has 4 aromatic rings. The van der Waals surface area contributed by atoms with Gasteiger partial charge in [0.15, 0.2) is 0 Å². The number of imidazole rings is 1. The summed E-state index contributed by atoms with van der Waals surface area (Å²) in [5.41, 5.74) is 2.36. The van der Waals surface area contributed by atoms with Crippen LogP contribution in [0.5, 0.6) is 0 Å². The topological polar surface area (TPSA) is 58.9 Å². The summed E-state index contributed by atoms with van der Waals surface area (Å²) in [4.78, 5) is 16.8. The third-order valence-electron chi connectivity index (χ3n) is 4.24. The molecule has 0 aliphatic carbocycles. The number of rotatable bonds is 7. The number of thiophene rings is 1. The van der Waals surface area contributed by atoms with Crippen LogP contribution in [0, 0.1) is 0 Å². The second kappa shape index (κ2) is 7.85. The summed E-state index contributed by atoms with van der Waals surface area (Å²) < 4.78 is 2.05. The highest BCUT2D eigenvalue weighted by Gasteiger charge is 2.15. The van der Waals surface area contributed by atoms with Crippen molar-refractivity contribution in [1.29, 1.82) is 0 Å². The Kier molecular flexibility index (Phi) is 5.13. The molecule has 0 radical (unpaired) electrons. The molecule has 4 rings (SSSR count). The number of benzene rings is 1. The van der Waals surface area contributed by atoms with Gasteiger partial charge in [-0.2, -0.15) is 0 Å². The fourth-order valence-corrected chi connectivity index (χ4v) is 3.99. The van der Waals surface area contributed by atoms with Crippen LogP contribution in [0.1, 0.15) is 5.82 Å². The van der Waals surface area contributed by atoms with Crippen LogP contribution in [0.2, 0.25) is 0 Å². The van der Waals surface area contributed by atoms with E-state index in [-0.39, 0.29) is 0 Å². The van der Waals surface area contributed by atoms with Gasteiger partial charge in [0.1, 0.15) is 16.5 Å². The summed E-state index contributed by atoms with van der Waals surface area (Å²) in [6.45, 7) is 2.32. The minimum atomic E-state index is 0.713. The van der Waals surface area contributed by atoms with E-state index in [1.165, 1.54) is 11.1 Å². The summed E-state index contributed by atoms with van der Waals surface area (Å²) in [6, 6.07) is 10.4. The molecule has 0 spiro atoms. The number of hydrogen-bond donors (Lipinski definition) is 1. The van der Waals surface area contributed by atoms with Crippen molar-refractivity contribution < 1.29 is 0 Å². The number of hydrogen-bond acceptors (Lipinski definition) is 6. The minimum absolute atomic E-state index is 0.713. The standard InChI is InChI=1S/C20H22N6S/c1-25(2)12-17-23-19(22-9-11-26-10-8-21-14-26)18-16(13-27-20(18)24-17)15-6-4-3-5-7-15/h3-8,10,13-14H,9,11-12H2,1-2H3,(H,22,23,24). The monoisotopic (exact) mass is 378 g/mol. The Labute approximate surface area is 162 Å². The van der Waals surface area contributed by atoms with Crippen molar-refractivity contribution in [3.05, 3.63) is 60.3 Å². The van der Waals surface area contributed by atoms with Crippen molar-refractivity contribution in [2.45, 2.75) is 13.1 Å². The minimum Gasteiger partial charge on any atom is -0.368 e. The van der Waals surface area contributed by atoms with Crippen molar-refractivity contribution in [3.63, 3.8) is 0 Å². The van der Waals surface area contributed by atoms with Gasteiger partial charge in [-0.05, 0) is 19.7 Å². The van der Waals surface area contributed by atoms with E-state index in [0.717, 1.165) is 34.9 Å². The molecule has 0 saturated heterocycles. The molecule has 138 valence electrons. The van der Waals surface area contributed by atoms with Crippen LogP contribution in [0.4, 0.5) is 5.82 Å². The van der Waals surface area contributed by atoms with Crippen LogP contribution < -0.4 is 5.32 Å². The first kappa shape index (κ1) is 17.6. The van der Waals surface area contributed by atoms with Gasteiger partial charge < -0.3 is 14.8 Å². The average Bonchev–Trinajstić information content (AvgIpc) is 3.31. The van der Waals surface area contributed by atoms with E-state index >= 15 is 0 Å². The Morgan fingerprint density at radius 3 is 2.74 bits per heavy atom. The van der Waals surface area contributed by atoms with E-state index in [9.17, 15) is 0 Å². The molecule has 7 heteroatoms. The number of nitrogens with zero attached hydrogens (tertiary/aromatic N) is 5. The summed E-state index contributed by atoms with van der Waals surface area (Å²) in [6.07, 6.45) is 5.59. The molecular formula is C20H22N6S. The van der Waals surface area contributed by atoms with Gasteiger partial charge in [0.2, 0.25) is 0 Å². The van der Waals surface area contributed by atoms with Crippen LogP contribution in [0.25, 0.3) is 21.3 Å². The van der Waals surface area contributed by atoms with E-state index in [2.05, 4.69) is 49.4 Å². The zero-order chi connectivity index (χ0) is 18.6. The molecule has 0 unspecified atom stereocenters. The van der Waals surface area contributed by atoms with Crippen LogP contribution >= 0.6 is 11.3 Å². The Hall–Kier alpha value is -2.77. The van der Waals surface area contributed by atoms with Gasteiger partial charge >= 0.3 is 0 Å². The molecule has 3 heterocycles. The summed E-state index contributed by atoms with van der Waals surface area (Å²) in [5.74, 6) is 1.73. The molecule has 0 amide bonds. The van der Waals surface area contributed by atoms with Gasteiger partial charge in [-0.25, -0.2) is 15.0 Å². The number of aromatic nitrogens is 4. The third kappa shape index (κ3) is 3.99. The van der Waals surface area contributed by atoms with E-state index in [4.69, 9.17) is 9.97 Å². The van der Waals surface area contributed by atoms with Crippen molar-refractivity contribution in [1.82, 2.24) is 24.4 Å². The van der Waals surface area contributed by atoms with E-state index in [0.29, 0.717) is 6.54 Å². The summed E-state index contributed by atoms with van der Waals surface area (Å²) in [7, 11) is 4.06. The normalized spacial score (nSPS) is 11.4. The zero-order valence-corrected chi connectivity index (χ0v) is 16.3. The SMILES string of the molecule is CN(C)Cc1nc(NCCn2ccnc2)c2c(-c3ccccc3)csc2n1. The van der Waals surface area contributed by atoms with E-state index in [1.807, 2.05) is 32.7 Å². The molecule has 27 heavy (non-hydrogen) atoms. The average molecular weight is 379 g/mol. The molecule has 0 saturated carbocycles. The number of anilines is 1. The smallest absolute Gasteiger partial charge is 0.146 e. The van der Waals surface area contributed by atoms with Crippen molar-refractivity contribution >= 4 is 27.4 Å². The van der Waals surface area contributed by atoms with Crippen molar-refractivity contribution in [2.24, 2.45) is 0 Å². The first-order chi connectivity index (χ1) is 13.2. The first-order valence-corrected chi connectivity index (χ1v) is 9.76. The molecule has 0 aliphatic heterocycles. The second-order valence-electron chi connectivity index (χ2n) is 6.65. The number of nitrogens with one attached hydrogen (secondary N) is 1. The summed E-state index contributed by atoms with van der Waals surface area (Å²) in [5, 5.41) is 6.80. The van der Waals surface area contributed by atoms with Gasteiger partial charge in [0, 0.05) is 36.4 Å². The number of fused-ring (bicyclic) bond motifs is 1. The predicted octanol–water partition coefficient (Wildman–Crippen LogP) is 3.73. The van der Waals surface area contributed by atoms with Gasteiger partial charge in [0.25, 0.3) is 0 Å². The molecule has 0 bridgehead atoms. The lowest BCUT2D eigenvalue weighted by Crippen LogP contribution is -2.15. The molecule has 0 fully saturated rings. The molecule has 0 aliphatic rings. The lowest BCUT2D eigenvalue weighted by molar-refractivity contribution is 0.391. The predicted molar refractivity (Wildman–Crippen MR) is 111 cm³/mol. The summed E-state index contributed by atoms with van der Waals surface area (Å²) >= 11 is 1.67. The lowest BCUT2D eigenvalue weighted by Gasteiger charge is -2.13. The molecular weight excluding hydrogens is 356 g/mol. The highest BCUT2D eigenvalue weighted by Crippen LogP contribution is 2.36. The fraction of sp³-hybridized carbons (Fsp3) is 0.250. The quantitative estimate of drug-likeness (QED) is 0.531. The zero-order valence-electron chi connectivity index (χ0n) is 15.5. The molecule has 3 aromatic heterocycles. The van der Waals surface area contributed by atoms with Gasteiger partial charge in [-0.1, -0.05) is 30.3 Å². The molecule has 6 nitrogen and oxygen atoms in total. The highest BCUT2D eigenvalue weighted by molar-refractivity contribution is 7.17. The van der Waals surface area contributed by atoms with Crippen molar-refractivity contribution in [2.75, 3.05) is 26.0 Å². The van der Waals surface area contributed by atoms with E-state index < -0.39 is 0 Å². The van der Waals surface area contributed by atoms with Crippen LogP contribution in [0.3, 0.4) is 0 Å². The van der Waals surface area contributed by atoms with Gasteiger partial charge in [0.05, 0.1) is 18.3 Å². The van der Waals surface area contributed by atoms with Crippen LogP contribution in [-0.4, -0.2) is 45.1 Å². The maximum Gasteiger partial charge on any atom is 0.146 e. The lowest BCUT2D eigenvalue weighted by atomic mass is 10.1. The van der Waals surface area contributed by atoms with Crippen molar-refractivity contribution in [3.8, 4) is 11.1 Å². The first-order valence-electron chi connectivity index (χ1n) is 8.88. The third-order valence-corrected chi connectivity index (χ3v) is 5.12.